The molecule has 3 heterocycles. The van der Waals surface area contributed by atoms with Crippen LogP contribution in [0.4, 0.5) is 4.79 Å². The first kappa shape index (κ1) is 22.3. The Morgan fingerprint density at radius 1 is 0.971 bits per heavy atom. The number of nitrogens with zero attached hydrogens (tertiary/aromatic N) is 2. The number of aryl methyl sites for hydroxylation is 2. The average molecular weight is 469 g/mol. The molecule has 2 atom stereocenters. The molecule has 2 aliphatic heterocycles. The molecule has 2 aromatic carbocycles. The van der Waals surface area contributed by atoms with E-state index in [0.29, 0.717) is 19.4 Å². The van der Waals surface area contributed by atoms with E-state index in [4.69, 9.17) is 4.74 Å². The predicted molar refractivity (Wildman–Crippen MR) is 135 cm³/mol. The van der Waals surface area contributed by atoms with Crippen LogP contribution in [0, 0.1) is 13.8 Å². The molecule has 180 valence electrons. The molecule has 1 amide bonds. The zero-order valence-corrected chi connectivity index (χ0v) is 20.4. The van der Waals surface area contributed by atoms with Gasteiger partial charge in [-0.3, -0.25) is 4.98 Å². The number of carbonyl (C=O) groups excluding carboxylic acids is 1. The lowest BCUT2D eigenvalue weighted by Crippen LogP contribution is -2.59. The largest absolute Gasteiger partial charge is 0.448 e. The highest BCUT2D eigenvalue weighted by molar-refractivity contribution is 5.79. The van der Waals surface area contributed by atoms with Crippen molar-refractivity contribution < 1.29 is 14.6 Å². The molecule has 3 aromatic rings. The number of amides is 1. The van der Waals surface area contributed by atoms with Crippen LogP contribution >= 0.6 is 0 Å². The SMILES string of the molecule is Cc1ccc(C2(O)CC3CCCC(C2)N3C(=O)OCC2c3ccccc3-c3ccccc32)c(C)n1. The van der Waals surface area contributed by atoms with Crippen molar-refractivity contribution in [3.8, 4) is 11.1 Å². The number of carbonyl (C=O) groups is 1. The van der Waals surface area contributed by atoms with Gasteiger partial charge in [-0.1, -0.05) is 54.6 Å². The van der Waals surface area contributed by atoms with Crippen molar-refractivity contribution in [2.24, 2.45) is 0 Å². The first-order chi connectivity index (χ1) is 16.9. The third-order valence-corrected chi connectivity index (χ3v) is 8.28. The van der Waals surface area contributed by atoms with Crippen molar-refractivity contribution in [2.75, 3.05) is 6.61 Å². The van der Waals surface area contributed by atoms with Gasteiger partial charge >= 0.3 is 6.09 Å². The van der Waals surface area contributed by atoms with Crippen LogP contribution in [-0.2, 0) is 10.3 Å². The fourth-order valence-corrected chi connectivity index (χ4v) is 6.79. The summed E-state index contributed by atoms with van der Waals surface area (Å²) in [5.41, 5.74) is 6.66. The van der Waals surface area contributed by atoms with Gasteiger partial charge in [-0.25, -0.2) is 4.79 Å². The smallest absolute Gasteiger partial charge is 0.410 e. The lowest BCUT2D eigenvalue weighted by Gasteiger charge is -2.51. The van der Waals surface area contributed by atoms with Gasteiger partial charge in [-0.15, -0.1) is 0 Å². The van der Waals surface area contributed by atoms with Gasteiger partial charge in [0.25, 0.3) is 0 Å². The Morgan fingerprint density at radius 3 is 2.17 bits per heavy atom. The third kappa shape index (κ3) is 3.73. The first-order valence-corrected chi connectivity index (χ1v) is 12.7. The van der Waals surface area contributed by atoms with Gasteiger partial charge in [0, 0.05) is 47.8 Å². The molecule has 1 aliphatic carbocycles. The molecular formula is C30H32N2O3. The molecule has 1 aromatic heterocycles. The van der Waals surface area contributed by atoms with Crippen LogP contribution in [0.3, 0.4) is 0 Å². The Labute approximate surface area is 206 Å². The fourth-order valence-electron chi connectivity index (χ4n) is 6.79. The molecule has 2 bridgehead atoms. The molecule has 5 nitrogen and oxygen atoms in total. The summed E-state index contributed by atoms with van der Waals surface area (Å²) < 4.78 is 6.02. The molecule has 5 heteroatoms. The number of benzene rings is 2. The number of aliphatic hydroxyl groups is 1. The van der Waals surface area contributed by atoms with Crippen LogP contribution in [0.25, 0.3) is 11.1 Å². The van der Waals surface area contributed by atoms with E-state index in [9.17, 15) is 9.90 Å². The fraction of sp³-hybridized carbons (Fsp3) is 0.400. The second kappa shape index (κ2) is 8.49. The predicted octanol–water partition coefficient (Wildman–Crippen LogP) is 5.85. The number of rotatable bonds is 3. The van der Waals surface area contributed by atoms with Crippen molar-refractivity contribution in [3.63, 3.8) is 0 Å². The van der Waals surface area contributed by atoms with Crippen LogP contribution in [-0.4, -0.2) is 39.8 Å². The van der Waals surface area contributed by atoms with Gasteiger partial charge in [0.15, 0.2) is 0 Å². The highest BCUT2D eigenvalue weighted by Crippen LogP contribution is 2.47. The van der Waals surface area contributed by atoms with Gasteiger partial charge in [0.1, 0.15) is 6.61 Å². The topological polar surface area (TPSA) is 62.7 Å². The van der Waals surface area contributed by atoms with Gasteiger partial charge < -0.3 is 14.7 Å². The van der Waals surface area contributed by atoms with Crippen molar-refractivity contribution in [2.45, 2.75) is 69.6 Å². The van der Waals surface area contributed by atoms with E-state index in [1.807, 2.05) is 30.9 Å². The molecule has 3 aliphatic rings. The van der Waals surface area contributed by atoms with Crippen molar-refractivity contribution in [3.05, 3.63) is 88.7 Å². The minimum Gasteiger partial charge on any atom is -0.448 e. The van der Waals surface area contributed by atoms with Crippen LogP contribution in [0.15, 0.2) is 60.7 Å². The molecular weight excluding hydrogens is 436 g/mol. The van der Waals surface area contributed by atoms with E-state index in [-0.39, 0.29) is 24.1 Å². The lowest BCUT2D eigenvalue weighted by atomic mass is 9.72. The van der Waals surface area contributed by atoms with E-state index in [1.165, 1.54) is 22.3 Å². The lowest BCUT2D eigenvalue weighted by molar-refractivity contribution is -0.0895. The second-order valence-electron chi connectivity index (χ2n) is 10.5. The van der Waals surface area contributed by atoms with Crippen LogP contribution in [0.5, 0.6) is 0 Å². The summed E-state index contributed by atoms with van der Waals surface area (Å²) in [6, 6.07) is 20.7. The molecule has 1 N–H and O–H groups in total. The molecule has 35 heavy (non-hydrogen) atoms. The molecule has 0 spiro atoms. The summed E-state index contributed by atoms with van der Waals surface area (Å²) in [7, 11) is 0. The maximum atomic E-state index is 13.5. The average Bonchev–Trinajstić information content (AvgIpc) is 3.15. The molecule has 0 saturated carbocycles. The van der Waals surface area contributed by atoms with Crippen LogP contribution < -0.4 is 0 Å². The van der Waals surface area contributed by atoms with Crippen LogP contribution in [0.1, 0.15) is 66.1 Å². The number of ether oxygens (including phenoxy) is 1. The minimum absolute atomic E-state index is 0.0242. The third-order valence-electron chi connectivity index (χ3n) is 8.28. The van der Waals surface area contributed by atoms with E-state index in [2.05, 4.69) is 53.5 Å². The van der Waals surface area contributed by atoms with E-state index < -0.39 is 5.60 Å². The Morgan fingerprint density at radius 2 is 1.57 bits per heavy atom. The van der Waals surface area contributed by atoms with Gasteiger partial charge in [0.2, 0.25) is 0 Å². The second-order valence-corrected chi connectivity index (χ2v) is 10.5. The number of hydrogen-bond donors (Lipinski definition) is 1. The summed E-state index contributed by atoms with van der Waals surface area (Å²) in [6.45, 7) is 4.26. The highest BCUT2D eigenvalue weighted by Gasteiger charge is 2.49. The standard InChI is InChI=1S/C30H32N2O3/c1-19-14-15-28(20(2)31-19)30(34)16-21-8-7-9-22(17-30)32(21)29(33)35-18-27-25-12-5-3-10-23(25)24-11-4-6-13-26(24)27/h3-6,10-15,21-22,27,34H,7-9,16-18H2,1-2H3. The molecule has 2 fully saturated rings. The first-order valence-electron chi connectivity index (χ1n) is 12.7. The molecule has 2 unspecified atom stereocenters. The van der Waals surface area contributed by atoms with Gasteiger partial charge in [-0.05, 0) is 61.4 Å². The van der Waals surface area contributed by atoms with Gasteiger partial charge in [0.05, 0.1) is 5.60 Å². The van der Waals surface area contributed by atoms with Crippen LogP contribution in [0.2, 0.25) is 0 Å². The maximum absolute atomic E-state index is 13.5. The van der Waals surface area contributed by atoms with Gasteiger partial charge in [-0.2, -0.15) is 0 Å². The summed E-state index contributed by atoms with van der Waals surface area (Å²) in [6.07, 6.45) is 3.66. The minimum atomic E-state index is -0.958. The van der Waals surface area contributed by atoms with Crippen molar-refractivity contribution in [1.82, 2.24) is 9.88 Å². The van der Waals surface area contributed by atoms with E-state index in [0.717, 1.165) is 36.2 Å². The van der Waals surface area contributed by atoms with Crippen molar-refractivity contribution >= 4 is 6.09 Å². The normalized spacial score (nSPS) is 25.2. The summed E-state index contributed by atoms with van der Waals surface area (Å²) in [4.78, 5) is 20.0. The molecule has 0 radical (unpaired) electrons. The Balaban J connectivity index is 1.21. The number of fused-ring (bicyclic) bond motifs is 5. The Hall–Kier alpha value is -3.18. The number of pyridine rings is 1. The van der Waals surface area contributed by atoms with E-state index in [1.54, 1.807) is 0 Å². The zero-order chi connectivity index (χ0) is 24.2. The maximum Gasteiger partial charge on any atom is 0.410 e. The molecule has 6 rings (SSSR count). The highest BCUT2D eigenvalue weighted by atomic mass is 16.6. The van der Waals surface area contributed by atoms with E-state index >= 15 is 0 Å². The summed E-state index contributed by atoms with van der Waals surface area (Å²) in [5.74, 6) is 0.0502. The monoisotopic (exact) mass is 468 g/mol. The quantitative estimate of drug-likeness (QED) is 0.524. The molecule has 2 saturated heterocycles. The number of hydrogen-bond acceptors (Lipinski definition) is 4. The van der Waals surface area contributed by atoms with Crippen molar-refractivity contribution in [1.29, 1.82) is 0 Å². The summed E-state index contributed by atoms with van der Waals surface area (Å²) in [5, 5.41) is 11.7. The summed E-state index contributed by atoms with van der Waals surface area (Å²) >= 11 is 0. The Bertz CT molecular complexity index is 1230. The number of piperidine rings is 2. The number of aromatic nitrogens is 1. The zero-order valence-electron chi connectivity index (χ0n) is 20.4. The Kier molecular flexibility index (Phi) is 5.41.